The Hall–Kier alpha value is -1.86. The summed E-state index contributed by atoms with van der Waals surface area (Å²) in [7, 11) is 0. The first-order chi connectivity index (χ1) is 10.8. The lowest BCUT2D eigenvalue weighted by atomic mass is 10.0. The summed E-state index contributed by atoms with van der Waals surface area (Å²) in [5, 5.41) is 30.9. The van der Waals surface area contributed by atoms with Crippen molar-refractivity contribution in [3.05, 3.63) is 17.7 Å². The van der Waals surface area contributed by atoms with Crippen LogP contribution in [0.2, 0.25) is 0 Å². The molecule has 1 fully saturated rings. The van der Waals surface area contributed by atoms with Gasteiger partial charge in [0.15, 0.2) is 22.1 Å². The van der Waals surface area contributed by atoms with Gasteiger partial charge in [0.05, 0.1) is 0 Å². The molecule has 4 N–H and O–H groups in total. The van der Waals surface area contributed by atoms with Gasteiger partial charge >= 0.3 is 0 Å². The molecule has 0 aromatic heterocycles. The molecule has 1 aliphatic heterocycles. The van der Waals surface area contributed by atoms with Gasteiger partial charge in [-0.05, 0) is 25.0 Å². The standard InChI is InChI=1S/C14H16Cl2N2O5/c15-12(16)13(22)17-8-1-3-18(4-2-8)14(23)7-5-9(19)11(21)10(20)6-7/h5-6,8,12,19-21H,1-4H2,(H,17,22). The highest BCUT2D eigenvalue weighted by Gasteiger charge is 2.26. The molecule has 1 heterocycles. The SMILES string of the molecule is O=C(NC1CCN(C(=O)c2cc(O)c(O)c(O)c2)CC1)C(Cl)Cl. The maximum Gasteiger partial charge on any atom is 0.254 e. The van der Waals surface area contributed by atoms with Crippen LogP contribution >= 0.6 is 23.2 Å². The van der Waals surface area contributed by atoms with Crippen LogP contribution in [-0.4, -0.2) is 56.0 Å². The lowest BCUT2D eigenvalue weighted by molar-refractivity contribution is -0.120. The number of carbonyl (C=O) groups excluding carboxylic acids is 2. The van der Waals surface area contributed by atoms with Gasteiger partial charge < -0.3 is 25.5 Å². The Kier molecular flexibility index (Phi) is 5.43. The van der Waals surface area contributed by atoms with E-state index in [-0.39, 0.29) is 17.5 Å². The summed E-state index contributed by atoms with van der Waals surface area (Å²) >= 11 is 10.9. The maximum absolute atomic E-state index is 12.3. The number of alkyl halides is 2. The molecule has 1 aromatic carbocycles. The Balaban J connectivity index is 1.97. The number of piperidine rings is 1. The Morgan fingerprint density at radius 2 is 1.65 bits per heavy atom. The van der Waals surface area contributed by atoms with Crippen molar-refractivity contribution in [3.63, 3.8) is 0 Å². The highest BCUT2D eigenvalue weighted by Crippen LogP contribution is 2.35. The van der Waals surface area contributed by atoms with Gasteiger partial charge in [0.25, 0.3) is 11.8 Å². The van der Waals surface area contributed by atoms with Gasteiger partial charge in [-0.15, -0.1) is 0 Å². The van der Waals surface area contributed by atoms with E-state index in [0.29, 0.717) is 25.9 Å². The smallest absolute Gasteiger partial charge is 0.254 e. The highest BCUT2D eigenvalue weighted by molar-refractivity contribution is 6.53. The third-order valence-corrected chi connectivity index (χ3v) is 4.04. The molecule has 2 amide bonds. The average Bonchev–Trinajstić information content (AvgIpc) is 2.52. The van der Waals surface area contributed by atoms with Crippen molar-refractivity contribution in [1.29, 1.82) is 0 Å². The van der Waals surface area contributed by atoms with E-state index in [2.05, 4.69) is 5.32 Å². The number of nitrogens with one attached hydrogen (secondary N) is 1. The van der Waals surface area contributed by atoms with Crippen molar-refractivity contribution in [1.82, 2.24) is 10.2 Å². The van der Waals surface area contributed by atoms with E-state index in [4.69, 9.17) is 23.2 Å². The van der Waals surface area contributed by atoms with E-state index in [1.807, 2.05) is 0 Å². The van der Waals surface area contributed by atoms with Crippen LogP contribution in [0, 0.1) is 0 Å². The molecule has 1 saturated heterocycles. The van der Waals surface area contributed by atoms with Gasteiger partial charge in [0.1, 0.15) is 0 Å². The van der Waals surface area contributed by atoms with E-state index in [0.717, 1.165) is 12.1 Å². The van der Waals surface area contributed by atoms with Crippen LogP contribution in [0.25, 0.3) is 0 Å². The van der Waals surface area contributed by atoms with Crippen LogP contribution in [0.5, 0.6) is 17.2 Å². The number of phenolic OH excluding ortho intramolecular Hbond substituents is 3. The molecular weight excluding hydrogens is 347 g/mol. The fourth-order valence-corrected chi connectivity index (χ4v) is 2.53. The van der Waals surface area contributed by atoms with Crippen LogP contribution in [0.4, 0.5) is 0 Å². The number of likely N-dealkylation sites (tertiary alicyclic amines) is 1. The topological polar surface area (TPSA) is 110 Å². The molecule has 0 saturated carbocycles. The Labute approximate surface area is 142 Å². The fourth-order valence-electron chi connectivity index (χ4n) is 2.40. The van der Waals surface area contributed by atoms with Gasteiger partial charge in [-0.25, -0.2) is 0 Å². The summed E-state index contributed by atoms with van der Waals surface area (Å²) in [5.41, 5.74) is 0.0712. The zero-order valence-corrected chi connectivity index (χ0v) is 13.5. The third kappa shape index (κ3) is 4.11. The molecule has 0 unspecified atom stereocenters. The second-order valence-corrected chi connectivity index (χ2v) is 6.34. The molecule has 126 valence electrons. The summed E-state index contributed by atoms with van der Waals surface area (Å²) in [4.78, 5) is 24.2. The number of aromatic hydroxyl groups is 3. The largest absolute Gasteiger partial charge is 0.504 e. The van der Waals surface area contributed by atoms with Crippen molar-refractivity contribution in [2.45, 2.75) is 23.7 Å². The molecule has 23 heavy (non-hydrogen) atoms. The predicted octanol–water partition coefficient (Wildman–Crippen LogP) is 1.33. The maximum atomic E-state index is 12.3. The van der Waals surface area contributed by atoms with Crippen molar-refractivity contribution in [3.8, 4) is 17.2 Å². The van der Waals surface area contributed by atoms with Crippen molar-refractivity contribution < 1.29 is 24.9 Å². The second kappa shape index (κ2) is 7.14. The quantitative estimate of drug-likeness (QED) is 0.478. The fraction of sp³-hybridized carbons (Fsp3) is 0.429. The summed E-state index contributed by atoms with van der Waals surface area (Å²) in [6.07, 6.45) is 1.07. The Bertz CT molecular complexity index is 592. The monoisotopic (exact) mass is 362 g/mol. The van der Waals surface area contributed by atoms with E-state index < -0.39 is 28.0 Å². The number of benzene rings is 1. The lowest BCUT2D eigenvalue weighted by Gasteiger charge is -2.32. The number of hydrogen-bond acceptors (Lipinski definition) is 5. The van der Waals surface area contributed by atoms with Crippen molar-refractivity contribution in [2.75, 3.05) is 13.1 Å². The summed E-state index contributed by atoms with van der Waals surface area (Å²) in [5.74, 6) is -2.64. The third-order valence-electron chi connectivity index (χ3n) is 3.64. The molecule has 0 bridgehead atoms. The van der Waals surface area contributed by atoms with Crippen LogP contribution in [0.1, 0.15) is 23.2 Å². The number of nitrogens with zero attached hydrogens (tertiary/aromatic N) is 1. The van der Waals surface area contributed by atoms with E-state index in [9.17, 15) is 24.9 Å². The molecule has 1 aromatic rings. The highest BCUT2D eigenvalue weighted by atomic mass is 35.5. The first-order valence-electron chi connectivity index (χ1n) is 6.92. The molecule has 9 heteroatoms. The zero-order chi connectivity index (χ0) is 17.1. The van der Waals surface area contributed by atoms with E-state index in [1.165, 1.54) is 4.90 Å². The molecule has 0 aliphatic carbocycles. The van der Waals surface area contributed by atoms with Crippen LogP contribution in [0.3, 0.4) is 0 Å². The van der Waals surface area contributed by atoms with Gasteiger partial charge in [-0.3, -0.25) is 9.59 Å². The zero-order valence-electron chi connectivity index (χ0n) is 12.0. The molecule has 2 rings (SSSR count). The molecule has 0 atom stereocenters. The van der Waals surface area contributed by atoms with E-state index in [1.54, 1.807) is 0 Å². The van der Waals surface area contributed by atoms with Crippen LogP contribution in [-0.2, 0) is 4.79 Å². The van der Waals surface area contributed by atoms with Crippen molar-refractivity contribution in [2.24, 2.45) is 0 Å². The van der Waals surface area contributed by atoms with Gasteiger partial charge in [0, 0.05) is 24.7 Å². The van der Waals surface area contributed by atoms with E-state index >= 15 is 0 Å². The predicted molar refractivity (Wildman–Crippen MR) is 84.0 cm³/mol. The van der Waals surface area contributed by atoms with Gasteiger partial charge in [-0.1, -0.05) is 23.2 Å². The average molecular weight is 363 g/mol. The Morgan fingerprint density at radius 3 is 2.13 bits per heavy atom. The number of phenols is 3. The normalized spacial score (nSPS) is 15.7. The minimum absolute atomic E-state index is 0.0712. The first-order valence-corrected chi connectivity index (χ1v) is 7.79. The molecule has 1 aliphatic rings. The molecule has 0 spiro atoms. The summed E-state index contributed by atoms with van der Waals surface area (Å²) < 4.78 is 0. The van der Waals surface area contributed by atoms with Crippen molar-refractivity contribution >= 4 is 35.0 Å². The Morgan fingerprint density at radius 1 is 1.13 bits per heavy atom. The first kappa shape index (κ1) is 17.5. The van der Waals surface area contributed by atoms with Crippen LogP contribution in [0.15, 0.2) is 12.1 Å². The minimum atomic E-state index is -1.13. The number of carbonyl (C=O) groups is 2. The number of hydrogen-bond donors (Lipinski definition) is 4. The number of amides is 2. The minimum Gasteiger partial charge on any atom is -0.504 e. The summed E-state index contributed by atoms with van der Waals surface area (Å²) in [6.45, 7) is 0.781. The molecule has 0 radical (unpaired) electrons. The van der Waals surface area contributed by atoms with Crippen LogP contribution < -0.4 is 5.32 Å². The summed E-state index contributed by atoms with van der Waals surface area (Å²) in [6, 6.07) is 2.07. The molecule has 7 nitrogen and oxygen atoms in total. The van der Waals surface area contributed by atoms with Gasteiger partial charge in [0.2, 0.25) is 0 Å². The second-order valence-electron chi connectivity index (χ2n) is 5.24. The number of rotatable bonds is 3. The molecular formula is C14H16Cl2N2O5. The van der Waals surface area contributed by atoms with Gasteiger partial charge in [-0.2, -0.15) is 0 Å². The number of halogens is 2. The lowest BCUT2D eigenvalue weighted by Crippen LogP contribution is -2.47.